The normalized spacial score (nSPS) is 11.0. The first-order valence-corrected chi connectivity index (χ1v) is 7.47. The van der Waals surface area contributed by atoms with Crippen LogP contribution in [0.5, 0.6) is 0 Å². The molecule has 0 unspecified atom stereocenters. The van der Waals surface area contributed by atoms with Gasteiger partial charge in [0.05, 0.1) is 34.4 Å². The zero-order chi connectivity index (χ0) is 16.7. The van der Waals surface area contributed by atoms with Crippen molar-refractivity contribution in [1.82, 2.24) is 9.55 Å². The molecule has 2 aromatic carbocycles. The second-order valence-corrected chi connectivity index (χ2v) is 5.89. The standard InChI is InChI=1S/C16H12Cl2N2O3/c1-8-5-9(15(21)23-2)6-12-14(8)20(16(22)19-12)13-4-3-10(17)7-11(13)18/h3-7H,1-2H3,(H,19,22). The average molecular weight is 351 g/mol. The zero-order valence-electron chi connectivity index (χ0n) is 12.3. The predicted molar refractivity (Wildman–Crippen MR) is 90.0 cm³/mol. The minimum Gasteiger partial charge on any atom is -0.465 e. The molecule has 3 rings (SSSR count). The van der Waals surface area contributed by atoms with Crippen LogP contribution in [0.1, 0.15) is 15.9 Å². The van der Waals surface area contributed by atoms with Gasteiger partial charge in [-0.3, -0.25) is 4.57 Å². The SMILES string of the molecule is COC(=O)c1cc(C)c2c(c1)[nH]c(=O)n2-c1ccc(Cl)cc1Cl. The Kier molecular flexibility index (Phi) is 3.92. The smallest absolute Gasteiger partial charge is 0.337 e. The molecular formula is C16H12Cl2N2O3. The Morgan fingerprint density at radius 2 is 1.96 bits per heavy atom. The molecule has 0 saturated heterocycles. The summed E-state index contributed by atoms with van der Waals surface area (Å²) < 4.78 is 6.18. The molecule has 1 N–H and O–H groups in total. The number of fused-ring (bicyclic) bond motifs is 1. The lowest BCUT2D eigenvalue weighted by Crippen LogP contribution is -2.15. The maximum Gasteiger partial charge on any atom is 0.337 e. The quantitative estimate of drug-likeness (QED) is 0.716. The maximum absolute atomic E-state index is 12.4. The van der Waals surface area contributed by atoms with Crippen LogP contribution in [0.2, 0.25) is 10.0 Å². The number of aromatic amines is 1. The van der Waals surface area contributed by atoms with Gasteiger partial charge in [0.15, 0.2) is 0 Å². The highest BCUT2D eigenvalue weighted by Gasteiger charge is 2.17. The Labute approximate surface area is 141 Å². The van der Waals surface area contributed by atoms with Gasteiger partial charge < -0.3 is 9.72 Å². The summed E-state index contributed by atoms with van der Waals surface area (Å²) in [5.41, 5.74) is 2.45. The molecule has 0 spiro atoms. The molecule has 3 aromatic rings. The number of aryl methyl sites for hydroxylation is 1. The van der Waals surface area contributed by atoms with Gasteiger partial charge in [-0.05, 0) is 42.8 Å². The number of halogens is 2. The third kappa shape index (κ3) is 2.62. The molecule has 1 heterocycles. The van der Waals surface area contributed by atoms with E-state index in [4.69, 9.17) is 27.9 Å². The van der Waals surface area contributed by atoms with Crippen molar-refractivity contribution in [2.45, 2.75) is 6.92 Å². The average Bonchev–Trinajstić information content (AvgIpc) is 2.83. The number of nitrogens with zero attached hydrogens (tertiary/aromatic N) is 1. The van der Waals surface area contributed by atoms with Gasteiger partial charge in [0.25, 0.3) is 0 Å². The van der Waals surface area contributed by atoms with E-state index in [0.29, 0.717) is 32.3 Å². The van der Waals surface area contributed by atoms with E-state index in [9.17, 15) is 9.59 Å². The highest BCUT2D eigenvalue weighted by molar-refractivity contribution is 6.35. The molecule has 0 bridgehead atoms. The lowest BCUT2D eigenvalue weighted by Gasteiger charge is -2.09. The van der Waals surface area contributed by atoms with Crippen molar-refractivity contribution >= 4 is 40.2 Å². The second kappa shape index (κ2) is 5.76. The molecule has 5 nitrogen and oxygen atoms in total. The number of rotatable bonds is 2. The number of H-pyrrole nitrogens is 1. The number of methoxy groups -OCH3 is 1. The summed E-state index contributed by atoms with van der Waals surface area (Å²) in [7, 11) is 1.31. The van der Waals surface area contributed by atoms with Crippen LogP contribution in [0.4, 0.5) is 0 Å². The van der Waals surface area contributed by atoms with Gasteiger partial charge in [0.2, 0.25) is 0 Å². The number of imidazole rings is 1. The molecule has 1 aromatic heterocycles. The molecule has 0 aliphatic heterocycles. The van der Waals surface area contributed by atoms with Gasteiger partial charge >= 0.3 is 11.7 Å². The van der Waals surface area contributed by atoms with E-state index in [2.05, 4.69) is 4.98 Å². The van der Waals surface area contributed by atoms with Crippen LogP contribution in [-0.2, 0) is 4.74 Å². The minimum atomic E-state index is -0.465. The maximum atomic E-state index is 12.4. The van der Waals surface area contributed by atoms with E-state index < -0.39 is 5.97 Å². The molecule has 118 valence electrons. The van der Waals surface area contributed by atoms with E-state index >= 15 is 0 Å². The number of esters is 1. The van der Waals surface area contributed by atoms with Crippen molar-refractivity contribution in [3.8, 4) is 5.69 Å². The molecule has 0 saturated carbocycles. The number of hydrogen-bond donors (Lipinski definition) is 1. The fourth-order valence-electron chi connectivity index (χ4n) is 2.57. The molecule has 0 aliphatic carbocycles. The molecule has 0 fully saturated rings. The van der Waals surface area contributed by atoms with Crippen molar-refractivity contribution in [3.05, 3.63) is 62.0 Å². The monoisotopic (exact) mass is 350 g/mol. The summed E-state index contributed by atoms with van der Waals surface area (Å²) in [5.74, 6) is -0.465. The Morgan fingerprint density at radius 3 is 2.61 bits per heavy atom. The van der Waals surface area contributed by atoms with E-state index in [1.165, 1.54) is 11.7 Å². The summed E-state index contributed by atoms with van der Waals surface area (Å²) in [6.07, 6.45) is 0. The Hall–Kier alpha value is -2.24. The summed E-state index contributed by atoms with van der Waals surface area (Å²) in [6.45, 7) is 1.81. The van der Waals surface area contributed by atoms with Crippen LogP contribution in [0, 0.1) is 6.92 Å². The van der Waals surface area contributed by atoms with Crippen molar-refractivity contribution in [3.63, 3.8) is 0 Å². The van der Waals surface area contributed by atoms with Crippen molar-refractivity contribution in [1.29, 1.82) is 0 Å². The Bertz CT molecular complexity index is 989. The molecule has 23 heavy (non-hydrogen) atoms. The summed E-state index contributed by atoms with van der Waals surface area (Å²) in [4.78, 5) is 26.8. The second-order valence-electron chi connectivity index (χ2n) is 5.04. The van der Waals surface area contributed by atoms with Crippen molar-refractivity contribution in [2.75, 3.05) is 7.11 Å². The lowest BCUT2D eigenvalue weighted by molar-refractivity contribution is 0.0601. The van der Waals surface area contributed by atoms with Crippen molar-refractivity contribution in [2.24, 2.45) is 0 Å². The van der Waals surface area contributed by atoms with Crippen LogP contribution in [0.3, 0.4) is 0 Å². The first-order valence-electron chi connectivity index (χ1n) is 6.71. The fraction of sp³-hybridized carbons (Fsp3) is 0.125. The topological polar surface area (TPSA) is 64.1 Å². The van der Waals surface area contributed by atoms with Crippen LogP contribution in [0.15, 0.2) is 35.1 Å². The molecule has 0 atom stereocenters. The van der Waals surface area contributed by atoms with Crippen LogP contribution < -0.4 is 5.69 Å². The van der Waals surface area contributed by atoms with Crippen LogP contribution in [-0.4, -0.2) is 22.6 Å². The van der Waals surface area contributed by atoms with Gasteiger partial charge in [0.1, 0.15) is 0 Å². The van der Waals surface area contributed by atoms with Gasteiger partial charge in [-0.25, -0.2) is 9.59 Å². The molecular weight excluding hydrogens is 339 g/mol. The van der Waals surface area contributed by atoms with Gasteiger partial charge in [0, 0.05) is 5.02 Å². The van der Waals surface area contributed by atoms with Crippen molar-refractivity contribution < 1.29 is 9.53 Å². The number of carbonyl (C=O) groups excluding carboxylic acids is 1. The van der Waals surface area contributed by atoms with E-state index in [-0.39, 0.29) is 5.69 Å². The highest BCUT2D eigenvalue weighted by Crippen LogP contribution is 2.28. The van der Waals surface area contributed by atoms with E-state index in [1.807, 2.05) is 6.92 Å². The molecule has 0 radical (unpaired) electrons. The number of carbonyl (C=O) groups is 1. The minimum absolute atomic E-state index is 0.352. The summed E-state index contributed by atoms with van der Waals surface area (Å²) in [5, 5.41) is 0.841. The third-order valence-corrected chi connectivity index (χ3v) is 4.08. The number of hydrogen-bond acceptors (Lipinski definition) is 3. The lowest BCUT2D eigenvalue weighted by atomic mass is 10.1. The number of ether oxygens (including phenoxy) is 1. The van der Waals surface area contributed by atoms with Crippen LogP contribution >= 0.6 is 23.2 Å². The van der Waals surface area contributed by atoms with Crippen LogP contribution in [0.25, 0.3) is 16.7 Å². The Morgan fingerprint density at radius 1 is 1.22 bits per heavy atom. The first-order chi connectivity index (χ1) is 10.9. The fourth-order valence-corrected chi connectivity index (χ4v) is 3.07. The third-order valence-electron chi connectivity index (χ3n) is 3.54. The number of nitrogens with one attached hydrogen (secondary N) is 1. The molecule has 0 aliphatic rings. The predicted octanol–water partition coefficient (Wildman–Crippen LogP) is 3.72. The van der Waals surface area contributed by atoms with Gasteiger partial charge in [-0.15, -0.1) is 0 Å². The first kappa shape index (κ1) is 15.6. The van der Waals surface area contributed by atoms with E-state index in [0.717, 1.165) is 5.56 Å². The number of aromatic nitrogens is 2. The van der Waals surface area contributed by atoms with Gasteiger partial charge in [-0.2, -0.15) is 0 Å². The zero-order valence-corrected chi connectivity index (χ0v) is 13.8. The van der Waals surface area contributed by atoms with E-state index in [1.54, 1.807) is 30.3 Å². The number of benzene rings is 2. The largest absolute Gasteiger partial charge is 0.465 e. The molecule has 7 heteroatoms. The Balaban J connectivity index is 2.33. The van der Waals surface area contributed by atoms with Gasteiger partial charge in [-0.1, -0.05) is 23.2 Å². The summed E-state index contributed by atoms with van der Waals surface area (Å²) in [6, 6.07) is 8.15. The highest BCUT2D eigenvalue weighted by atomic mass is 35.5. The molecule has 0 amide bonds. The summed E-state index contributed by atoms with van der Waals surface area (Å²) >= 11 is 12.1.